The number of benzene rings is 1. The molecule has 0 spiro atoms. The second-order valence-corrected chi connectivity index (χ2v) is 8.49. The van der Waals surface area contributed by atoms with Crippen molar-refractivity contribution in [1.29, 1.82) is 0 Å². The maximum atomic E-state index is 12.1. The van der Waals surface area contributed by atoms with Crippen LogP contribution in [0.15, 0.2) is 36.7 Å². The summed E-state index contributed by atoms with van der Waals surface area (Å²) in [6.07, 6.45) is -2.58. The number of hydrogen-bond acceptors (Lipinski definition) is 8. The lowest BCUT2D eigenvalue weighted by atomic mass is 10.1. The SMILES string of the molecule is CS(=O)(=O)CCNC(=O)c1cccc(COc2cc(CN)ncn2)c1.O=C(O)C(F)(F)F. The Bertz CT molecular complexity index is 1030. The molecular formula is C18H21F3N4O6S. The summed E-state index contributed by atoms with van der Waals surface area (Å²) in [5.74, 6) is -2.79. The Balaban J connectivity index is 0.000000633. The van der Waals surface area contributed by atoms with Crippen LogP contribution in [0.3, 0.4) is 0 Å². The van der Waals surface area contributed by atoms with Crippen LogP contribution in [0.5, 0.6) is 5.88 Å². The van der Waals surface area contributed by atoms with E-state index in [2.05, 4.69) is 15.3 Å². The number of carbonyl (C=O) groups is 2. The lowest BCUT2D eigenvalue weighted by Gasteiger charge is -2.08. The minimum atomic E-state index is -5.08. The molecule has 0 aliphatic carbocycles. The highest BCUT2D eigenvalue weighted by Gasteiger charge is 2.38. The zero-order valence-electron chi connectivity index (χ0n) is 16.8. The average Bonchev–Trinajstić information content (AvgIpc) is 2.71. The molecule has 2 rings (SSSR count). The van der Waals surface area contributed by atoms with Crippen molar-refractivity contribution in [1.82, 2.24) is 15.3 Å². The van der Waals surface area contributed by atoms with E-state index in [0.29, 0.717) is 23.7 Å². The number of carboxylic acid groups (broad SMARTS) is 1. The van der Waals surface area contributed by atoms with Crippen LogP contribution in [-0.4, -0.2) is 60.1 Å². The van der Waals surface area contributed by atoms with Crippen LogP contribution in [0.4, 0.5) is 13.2 Å². The minimum Gasteiger partial charge on any atom is -0.475 e. The third kappa shape index (κ3) is 10.7. The Morgan fingerprint density at radius 1 is 1.22 bits per heavy atom. The Kier molecular flexibility index (Phi) is 10.00. The van der Waals surface area contributed by atoms with Gasteiger partial charge in [-0.3, -0.25) is 4.79 Å². The lowest BCUT2D eigenvalue weighted by Crippen LogP contribution is -2.28. The number of rotatable bonds is 8. The van der Waals surface area contributed by atoms with Gasteiger partial charge in [-0.25, -0.2) is 23.2 Å². The number of nitrogens with one attached hydrogen (secondary N) is 1. The second kappa shape index (κ2) is 12.0. The third-order valence-corrected chi connectivity index (χ3v) is 4.43. The summed E-state index contributed by atoms with van der Waals surface area (Å²) in [5, 5.41) is 9.70. The summed E-state index contributed by atoms with van der Waals surface area (Å²) >= 11 is 0. The number of halogens is 3. The fourth-order valence-corrected chi connectivity index (χ4v) is 2.45. The summed E-state index contributed by atoms with van der Waals surface area (Å²) in [6.45, 7) is 0.592. The molecule has 0 aliphatic heterocycles. The number of nitrogens with two attached hydrogens (primary N) is 1. The Morgan fingerprint density at radius 2 is 1.88 bits per heavy atom. The van der Waals surface area contributed by atoms with Crippen LogP contribution in [0, 0.1) is 0 Å². The van der Waals surface area contributed by atoms with Crippen LogP contribution < -0.4 is 15.8 Å². The van der Waals surface area contributed by atoms with Gasteiger partial charge in [-0.15, -0.1) is 0 Å². The molecule has 0 unspecified atom stereocenters. The van der Waals surface area contributed by atoms with E-state index >= 15 is 0 Å². The van der Waals surface area contributed by atoms with Crippen molar-refractivity contribution >= 4 is 21.7 Å². The molecule has 0 atom stereocenters. The van der Waals surface area contributed by atoms with E-state index < -0.39 is 22.0 Å². The summed E-state index contributed by atoms with van der Waals surface area (Å²) in [7, 11) is -3.11. The molecule has 0 bridgehead atoms. The highest BCUT2D eigenvalue weighted by Crippen LogP contribution is 2.13. The number of carbonyl (C=O) groups excluding carboxylic acids is 1. The quantitative estimate of drug-likeness (QED) is 0.501. The van der Waals surface area contributed by atoms with Crippen molar-refractivity contribution in [2.75, 3.05) is 18.6 Å². The first-order chi connectivity index (χ1) is 14.8. The zero-order valence-corrected chi connectivity index (χ0v) is 17.6. The third-order valence-electron chi connectivity index (χ3n) is 3.48. The molecule has 1 aromatic heterocycles. The number of aromatic nitrogens is 2. The minimum absolute atomic E-state index is 0.0706. The summed E-state index contributed by atoms with van der Waals surface area (Å²) < 4.78 is 59.5. The van der Waals surface area contributed by atoms with Gasteiger partial charge in [-0.05, 0) is 17.7 Å². The monoisotopic (exact) mass is 478 g/mol. The van der Waals surface area contributed by atoms with E-state index in [9.17, 15) is 26.4 Å². The van der Waals surface area contributed by atoms with Crippen molar-refractivity contribution < 1.29 is 41.0 Å². The van der Waals surface area contributed by atoms with E-state index in [4.69, 9.17) is 20.4 Å². The van der Waals surface area contributed by atoms with Crippen LogP contribution in [0.1, 0.15) is 21.6 Å². The highest BCUT2D eigenvalue weighted by molar-refractivity contribution is 7.90. The van der Waals surface area contributed by atoms with E-state index in [1.807, 2.05) is 6.07 Å². The molecule has 0 radical (unpaired) electrons. The second-order valence-electron chi connectivity index (χ2n) is 6.23. The van der Waals surface area contributed by atoms with Gasteiger partial charge in [-0.2, -0.15) is 13.2 Å². The first kappa shape index (κ1) is 26.8. The maximum Gasteiger partial charge on any atom is 0.490 e. The Morgan fingerprint density at radius 3 is 2.44 bits per heavy atom. The van der Waals surface area contributed by atoms with Gasteiger partial charge in [0.2, 0.25) is 5.88 Å². The number of ether oxygens (including phenoxy) is 1. The molecule has 1 heterocycles. The lowest BCUT2D eigenvalue weighted by molar-refractivity contribution is -0.192. The fraction of sp³-hybridized carbons (Fsp3) is 0.333. The van der Waals surface area contributed by atoms with Gasteiger partial charge in [-0.1, -0.05) is 12.1 Å². The summed E-state index contributed by atoms with van der Waals surface area (Å²) in [4.78, 5) is 28.9. The topological polar surface area (TPSA) is 162 Å². The van der Waals surface area contributed by atoms with Crippen LogP contribution in [0.25, 0.3) is 0 Å². The molecule has 0 fully saturated rings. The molecule has 32 heavy (non-hydrogen) atoms. The molecule has 0 saturated carbocycles. The molecule has 0 aliphatic rings. The van der Waals surface area contributed by atoms with Crippen molar-refractivity contribution in [3.63, 3.8) is 0 Å². The normalized spacial score (nSPS) is 11.2. The highest BCUT2D eigenvalue weighted by atomic mass is 32.2. The van der Waals surface area contributed by atoms with Crippen LogP contribution in [-0.2, 0) is 27.8 Å². The number of sulfone groups is 1. The number of amides is 1. The summed E-state index contributed by atoms with van der Waals surface area (Å²) in [6, 6.07) is 8.53. The van der Waals surface area contributed by atoms with E-state index in [-0.39, 0.29) is 24.8 Å². The van der Waals surface area contributed by atoms with Crippen molar-refractivity contribution in [2.45, 2.75) is 19.3 Å². The van der Waals surface area contributed by atoms with E-state index in [1.165, 1.54) is 6.33 Å². The molecule has 10 nitrogen and oxygen atoms in total. The molecule has 2 aromatic rings. The van der Waals surface area contributed by atoms with Gasteiger partial charge in [0.05, 0.1) is 11.4 Å². The molecule has 176 valence electrons. The van der Waals surface area contributed by atoms with Gasteiger partial charge >= 0.3 is 12.1 Å². The standard InChI is InChI=1S/C16H20N4O4S.C2HF3O2/c1-25(22,23)6-5-18-16(21)13-4-2-3-12(7-13)10-24-15-8-14(9-17)19-11-20-15;3-2(4,5)1(6)7/h2-4,7-8,11H,5-6,9-10,17H2,1H3,(H,18,21);(H,6,7). The molecule has 1 aromatic carbocycles. The molecule has 14 heteroatoms. The molecule has 0 saturated heterocycles. The van der Waals surface area contributed by atoms with Crippen molar-refractivity contribution in [2.24, 2.45) is 5.73 Å². The fourth-order valence-electron chi connectivity index (χ4n) is 1.98. The average molecular weight is 478 g/mol. The van der Waals surface area contributed by atoms with E-state index in [0.717, 1.165) is 11.8 Å². The number of hydrogen-bond donors (Lipinski definition) is 3. The molecule has 4 N–H and O–H groups in total. The predicted octanol–water partition coefficient (Wildman–Crippen LogP) is 0.922. The molecular weight excluding hydrogens is 457 g/mol. The van der Waals surface area contributed by atoms with Gasteiger partial charge in [0, 0.05) is 31.0 Å². The van der Waals surface area contributed by atoms with E-state index in [1.54, 1.807) is 24.3 Å². The maximum absolute atomic E-state index is 12.1. The first-order valence-electron chi connectivity index (χ1n) is 8.80. The van der Waals surface area contributed by atoms with Crippen molar-refractivity contribution in [3.8, 4) is 5.88 Å². The van der Waals surface area contributed by atoms with Crippen molar-refractivity contribution in [3.05, 3.63) is 53.5 Å². The smallest absolute Gasteiger partial charge is 0.475 e. The van der Waals surface area contributed by atoms with Crippen LogP contribution in [0.2, 0.25) is 0 Å². The zero-order chi connectivity index (χ0) is 24.4. The van der Waals surface area contributed by atoms with Gasteiger partial charge < -0.3 is 20.9 Å². The number of nitrogens with zero attached hydrogens (tertiary/aromatic N) is 2. The molecule has 1 amide bonds. The Labute approximate surface area is 181 Å². The number of aliphatic carboxylic acids is 1. The summed E-state index contributed by atoms with van der Waals surface area (Å²) in [5.41, 5.74) is 7.40. The predicted molar refractivity (Wildman–Crippen MR) is 106 cm³/mol. The number of alkyl halides is 3. The number of carboxylic acids is 1. The van der Waals surface area contributed by atoms with Crippen LogP contribution >= 0.6 is 0 Å². The first-order valence-corrected chi connectivity index (χ1v) is 10.9. The van der Waals surface area contributed by atoms with Gasteiger partial charge in [0.25, 0.3) is 5.91 Å². The largest absolute Gasteiger partial charge is 0.490 e. The van der Waals surface area contributed by atoms with Gasteiger partial charge in [0.1, 0.15) is 22.8 Å². The van der Waals surface area contributed by atoms with Gasteiger partial charge in [0.15, 0.2) is 0 Å². The Hall–Kier alpha value is -3.26.